The molecule has 3 heteroatoms. The quantitative estimate of drug-likeness (QED) is 0.835. The molecule has 1 spiro atoms. The van der Waals surface area contributed by atoms with Crippen LogP contribution in [0.4, 0.5) is 0 Å². The summed E-state index contributed by atoms with van der Waals surface area (Å²) < 4.78 is 0. The van der Waals surface area contributed by atoms with Gasteiger partial charge in [0.2, 0.25) is 0 Å². The Balaban J connectivity index is 1.64. The normalized spacial score (nSPS) is 36.1. The van der Waals surface area contributed by atoms with Gasteiger partial charge in [-0.3, -0.25) is 0 Å². The fraction of sp³-hybridized carbons (Fsp3) is 1.00. The Labute approximate surface area is 131 Å². The van der Waals surface area contributed by atoms with Gasteiger partial charge in [-0.25, -0.2) is 10.4 Å². The van der Waals surface area contributed by atoms with E-state index < -0.39 is 0 Å². The Bertz CT molecular complexity index is 328. The van der Waals surface area contributed by atoms with Crippen LogP contribution in [-0.2, 0) is 0 Å². The molecule has 3 aliphatic rings. The van der Waals surface area contributed by atoms with Crippen molar-refractivity contribution in [2.45, 2.75) is 102 Å². The molecule has 0 bridgehead atoms. The van der Waals surface area contributed by atoms with Gasteiger partial charge in [0.1, 0.15) is 0 Å². The predicted octanol–water partition coefficient (Wildman–Crippen LogP) is 3.59. The number of rotatable bonds is 3. The molecular weight excluding hydrogens is 258 g/mol. The summed E-state index contributed by atoms with van der Waals surface area (Å²) in [5.74, 6) is 0. The van der Waals surface area contributed by atoms with Crippen molar-refractivity contribution in [2.75, 3.05) is 6.54 Å². The van der Waals surface area contributed by atoms with E-state index in [0.29, 0.717) is 17.5 Å². The van der Waals surface area contributed by atoms with Crippen molar-refractivity contribution in [2.24, 2.45) is 11.1 Å². The molecule has 3 rings (SSSR count). The molecule has 1 saturated heterocycles. The van der Waals surface area contributed by atoms with Crippen molar-refractivity contribution in [1.82, 2.24) is 10.4 Å². The largest absolute Gasteiger partial charge is 0.329 e. The van der Waals surface area contributed by atoms with E-state index in [-0.39, 0.29) is 5.54 Å². The zero-order valence-electron chi connectivity index (χ0n) is 14.2. The van der Waals surface area contributed by atoms with Crippen LogP contribution in [0.3, 0.4) is 0 Å². The van der Waals surface area contributed by atoms with Crippen LogP contribution in [0.25, 0.3) is 0 Å². The third kappa shape index (κ3) is 3.16. The maximum atomic E-state index is 6.24. The van der Waals surface area contributed by atoms with Crippen molar-refractivity contribution in [3.05, 3.63) is 0 Å². The molecule has 2 atom stereocenters. The zero-order valence-corrected chi connectivity index (χ0v) is 14.2. The topological polar surface area (TPSA) is 41.3 Å². The van der Waals surface area contributed by atoms with Gasteiger partial charge in [-0.15, -0.1) is 0 Å². The summed E-state index contributed by atoms with van der Waals surface area (Å²) in [6, 6.07) is 1.30. The first-order valence-electron chi connectivity index (χ1n) is 9.34. The van der Waals surface area contributed by atoms with Crippen molar-refractivity contribution >= 4 is 0 Å². The maximum Gasteiger partial charge on any atom is 0.0448 e. The molecule has 122 valence electrons. The maximum absolute atomic E-state index is 6.24. The molecular formula is C18H35N3. The summed E-state index contributed by atoms with van der Waals surface area (Å²) >= 11 is 0. The highest BCUT2D eigenvalue weighted by atomic mass is 15.6. The summed E-state index contributed by atoms with van der Waals surface area (Å²) in [6.07, 6.45) is 15.2. The van der Waals surface area contributed by atoms with Gasteiger partial charge < -0.3 is 5.73 Å². The van der Waals surface area contributed by atoms with Crippen molar-refractivity contribution < 1.29 is 0 Å². The van der Waals surface area contributed by atoms with Crippen LogP contribution in [0.2, 0.25) is 0 Å². The van der Waals surface area contributed by atoms with Crippen LogP contribution in [0.1, 0.15) is 84.5 Å². The van der Waals surface area contributed by atoms with Gasteiger partial charge in [0.25, 0.3) is 0 Å². The highest BCUT2D eigenvalue weighted by Gasteiger charge is 2.44. The zero-order chi connectivity index (χ0) is 14.9. The van der Waals surface area contributed by atoms with Crippen LogP contribution < -0.4 is 11.2 Å². The van der Waals surface area contributed by atoms with Gasteiger partial charge in [-0.2, -0.15) is 0 Å². The second-order valence-corrected chi connectivity index (χ2v) is 8.34. The van der Waals surface area contributed by atoms with Crippen molar-refractivity contribution in [3.8, 4) is 0 Å². The molecule has 1 heterocycles. The van der Waals surface area contributed by atoms with E-state index in [1.165, 1.54) is 70.6 Å². The van der Waals surface area contributed by atoms with Crippen LogP contribution in [0, 0.1) is 5.41 Å². The fourth-order valence-corrected chi connectivity index (χ4v) is 5.16. The Kier molecular flexibility index (Phi) is 4.63. The van der Waals surface area contributed by atoms with Gasteiger partial charge >= 0.3 is 0 Å². The number of hydrogen-bond acceptors (Lipinski definition) is 3. The molecule has 3 fully saturated rings. The van der Waals surface area contributed by atoms with Crippen LogP contribution in [0.5, 0.6) is 0 Å². The second kappa shape index (κ2) is 6.17. The third-order valence-electron chi connectivity index (χ3n) is 6.88. The van der Waals surface area contributed by atoms with Gasteiger partial charge in [-0.05, 0) is 70.6 Å². The molecule has 21 heavy (non-hydrogen) atoms. The molecule has 0 amide bonds. The minimum absolute atomic E-state index is 0.174. The minimum atomic E-state index is 0.174. The summed E-state index contributed by atoms with van der Waals surface area (Å²) in [7, 11) is 0. The molecule has 3 N–H and O–H groups in total. The lowest BCUT2D eigenvalue weighted by Crippen LogP contribution is -2.65. The number of nitrogens with two attached hydrogens (primary N) is 1. The molecule has 0 aromatic heterocycles. The minimum Gasteiger partial charge on any atom is -0.329 e. The Morgan fingerprint density at radius 1 is 0.905 bits per heavy atom. The molecule has 2 unspecified atom stereocenters. The van der Waals surface area contributed by atoms with E-state index in [1.807, 2.05) is 0 Å². The molecule has 1 aliphatic heterocycles. The Hall–Kier alpha value is -0.120. The lowest BCUT2D eigenvalue weighted by atomic mass is 9.66. The molecule has 2 saturated carbocycles. The number of hydrogen-bond donors (Lipinski definition) is 2. The van der Waals surface area contributed by atoms with Crippen molar-refractivity contribution in [3.63, 3.8) is 0 Å². The van der Waals surface area contributed by atoms with E-state index in [9.17, 15) is 0 Å². The number of nitrogens with one attached hydrogen (secondary N) is 1. The average molecular weight is 293 g/mol. The van der Waals surface area contributed by atoms with Crippen LogP contribution in [0.15, 0.2) is 0 Å². The van der Waals surface area contributed by atoms with Gasteiger partial charge in [0, 0.05) is 24.2 Å². The smallest absolute Gasteiger partial charge is 0.0448 e. The highest BCUT2D eigenvalue weighted by Crippen LogP contribution is 2.51. The molecule has 0 aromatic rings. The molecule has 2 aliphatic carbocycles. The average Bonchev–Trinajstić information content (AvgIpc) is 2.95. The Morgan fingerprint density at radius 2 is 1.48 bits per heavy atom. The first kappa shape index (κ1) is 15.8. The summed E-state index contributed by atoms with van der Waals surface area (Å²) in [5.41, 5.74) is 11.0. The van der Waals surface area contributed by atoms with Gasteiger partial charge in [-0.1, -0.05) is 19.3 Å². The first-order valence-corrected chi connectivity index (χ1v) is 9.34. The predicted molar refractivity (Wildman–Crippen MR) is 88.9 cm³/mol. The van der Waals surface area contributed by atoms with Gasteiger partial charge in [0.05, 0.1) is 0 Å². The van der Waals surface area contributed by atoms with Crippen molar-refractivity contribution in [1.29, 1.82) is 0 Å². The summed E-state index contributed by atoms with van der Waals surface area (Å²) in [5, 5.41) is 2.54. The number of hydrazine groups is 1. The van der Waals surface area contributed by atoms with E-state index in [1.54, 1.807) is 0 Å². The summed E-state index contributed by atoms with van der Waals surface area (Å²) in [4.78, 5) is 0. The van der Waals surface area contributed by atoms with E-state index in [4.69, 9.17) is 5.73 Å². The van der Waals surface area contributed by atoms with Gasteiger partial charge in [0.15, 0.2) is 0 Å². The van der Waals surface area contributed by atoms with E-state index in [2.05, 4.69) is 24.3 Å². The van der Waals surface area contributed by atoms with Crippen LogP contribution in [-0.4, -0.2) is 29.2 Å². The Morgan fingerprint density at radius 3 is 2.00 bits per heavy atom. The SMILES string of the molecule is CC1CCCC(C)N1NC1(CN)CCC2(CCCC2)CC1. The standard InChI is InChI=1S/C18H35N3/c1-15-6-5-7-16(2)21(15)20-18(14-19)12-10-17(11-13-18)8-3-4-9-17/h15-16,20H,3-14,19H2,1-2H3. The third-order valence-corrected chi connectivity index (χ3v) is 6.88. The van der Waals surface area contributed by atoms with E-state index >= 15 is 0 Å². The fourth-order valence-electron chi connectivity index (χ4n) is 5.16. The second-order valence-electron chi connectivity index (χ2n) is 8.34. The highest BCUT2D eigenvalue weighted by molar-refractivity contribution is 5.00. The lowest BCUT2D eigenvalue weighted by molar-refractivity contribution is -0.0237. The number of nitrogens with zero attached hydrogens (tertiary/aromatic N) is 1. The van der Waals surface area contributed by atoms with Crippen LogP contribution >= 0.6 is 0 Å². The first-order chi connectivity index (χ1) is 10.1. The summed E-state index contributed by atoms with van der Waals surface area (Å²) in [6.45, 7) is 5.53. The molecule has 0 radical (unpaired) electrons. The van der Waals surface area contributed by atoms with E-state index in [0.717, 1.165) is 6.54 Å². The molecule has 3 nitrogen and oxygen atoms in total. The lowest BCUT2D eigenvalue weighted by Gasteiger charge is -2.50. The number of piperidine rings is 1. The molecule has 0 aromatic carbocycles. The monoisotopic (exact) mass is 293 g/mol.